The molecule has 0 unspecified atom stereocenters. The van der Waals surface area contributed by atoms with Crippen LogP contribution in [0.4, 0.5) is 0 Å². The highest BCUT2D eigenvalue weighted by molar-refractivity contribution is 14.1. The Morgan fingerprint density at radius 3 is 2.31 bits per heavy atom. The van der Waals surface area contributed by atoms with E-state index in [2.05, 4.69) is 22.6 Å². The van der Waals surface area contributed by atoms with Gasteiger partial charge in [0.05, 0.1) is 0 Å². The molecule has 2 aromatic rings. The summed E-state index contributed by atoms with van der Waals surface area (Å²) in [7, 11) is 1.76. The molecule has 0 amide bonds. The van der Waals surface area contributed by atoms with Crippen LogP contribution >= 0.6 is 22.6 Å². The number of nitrogens with zero attached hydrogens (tertiary/aromatic N) is 1. The van der Waals surface area contributed by atoms with Crippen LogP contribution in [0.25, 0.3) is 11.3 Å². The van der Waals surface area contributed by atoms with Crippen LogP contribution in [0, 0.1) is 3.57 Å². The monoisotopic (exact) mass is 327 g/mol. The average molecular weight is 327 g/mol. The van der Waals surface area contributed by atoms with Crippen LogP contribution in [0.15, 0.2) is 36.4 Å². The van der Waals surface area contributed by atoms with Crippen molar-refractivity contribution in [2.24, 2.45) is 7.05 Å². The SMILES string of the molecule is Cn1c(C(=O)O)ccc1-c1ccc(I)cc1. The molecule has 1 N–H and O–H groups in total. The predicted molar refractivity (Wildman–Crippen MR) is 70.5 cm³/mol. The maximum absolute atomic E-state index is 10.9. The summed E-state index contributed by atoms with van der Waals surface area (Å²) in [4.78, 5) is 10.9. The number of benzene rings is 1. The molecule has 4 heteroatoms. The highest BCUT2D eigenvalue weighted by Crippen LogP contribution is 2.22. The Labute approximate surface area is 107 Å². The Kier molecular flexibility index (Phi) is 3.00. The number of aromatic carboxylic acids is 1. The molecule has 16 heavy (non-hydrogen) atoms. The highest BCUT2D eigenvalue weighted by Gasteiger charge is 2.11. The average Bonchev–Trinajstić information content (AvgIpc) is 2.61. The fourth-order valence-corrected chi connectivity index (χ4v) is 2.00. The molecule has 2 rings (SSSR count). The molecule has 0 spiro atoms. The number of carbonyl (C=O) groups is 1. The van der Waals surface area contributed by atoms with Crippen molar-refractivity contribution < 1.29 is 9.90 Å². The van der Waals surface area contributed by atoms with Gasteiger partial charge in [0.2, 0.25) is 0 Å². The van der Waals surface area contributed by atoms with Crippen molar-refractivity contribution in [3.63, 3.8) is 0 Å². The zero-order valence-corrected chi connectivity index (χ0v) is 10.8. The van der Waals surface area contributed by atoms with Gasteiger partial charge in [-0.3, -0.25) is 0 Å². The highest BCUT2D eigenvalue weighted by atomic mass is 127. The van der Waals surface area contributed by atoms with Gasteiger partial charge in [-0.1, -0.05) is 12.1 Å². The van der Waals surface area contributed by atoms with E-state index >= 15 is 0 Å². The number of rotatable bonds is 2. The Bertz CT molecular complexity index is 528. The van der Waals surface area contributed by atoms with E-state index in [-0.39, 0.29) is 0 Å². The summed E-state index contributed by atoms with van der Waals surface area (Å²) in [6.45, 7) is 0. The molecule has 0 bridgehead atoms. The summed E-state index contributed by atoms with van der Waals surface area (Å²) in [5.41, 5.74) is 2.23. The van der Waals surface area contributed by atoms with E-state index in [0.29, 0.717) is 5.69 Å². The van der Waals surface area contributed by atoms with E-state index in [1.165, 1.54) is 0 Å². The predicted octanol–water partition coefficient (Wildman–Crippen LogP) is 2.99. The van der Waals surface area contributed by atoms with Gasteiger partial charge in [-0.25, -0.2) is 4.79 Å². The first kappa shape index (κ1) is 11.2. The normalized spacial score (nSPS) is 10.4. The van der Waals surface area contributed by atoms with Gasteiger partial charge < -0.3 is 9.67 Å². The van der Waals surface area contributed by atoms with Crippen LogP contribution in [-0.4, -0.2) is 15.6 Å². The molecule has 0 atom stereocenters. The van der Waals surface area contributed by atoms with Gasteiger partial charge in [0.25, 0.3) is 0 Å². The van der Waals surface area contributed by atoms with E-state index in [1.54, 1.807) is 17.7 Å². The molecule has 0 aliphatic heterocycles. The van der Waals surface area contributed by atoms with Gasteiger partial charge in [0.1, 0.15) is 5.69 Å². The summed E-state index contributed by atoms with van der Waals surface area (Å²) < 4.78 is 2.85. The maximum Gasteiger partial charge on any atom is 0.352 e. The van der Waals surface area contributed by atoms with Crippen LogP contribution in [0.1, 0.15) is 10.5 Å². The minimum Gasteiger partial charge on any atom is -0.477 e. The quantitative estimate of drug-likeness (QED) is 0.862. The zero-order valence-electron chi connectivity index (χ0n) is 8.64. The molecule has 1 aromatic heterocycles. The molecule has 0 saturated heterocycles. The van der Waals surface area contributed by atoms with E-state index in [4.69, 9.17) is 5.11 Å². The van der Waals surface area contributed by atoms with Crippen LogP contribution < -0.4 is 0 Å². The van der Waals surface area contributed by atoms with Crippen molar-refractivity contribution in [1.29, 1.82) is 0 Å². The lowest BCUT2D eigenvalue weighted by atomic mass is 10.1. The Morgan fingerprint density at radius 2 is 1.81 bits per heavy atom. The van der Waals surface area contributed by atoms with Crippen LogP contribution in [0.2, 0.25) is 0 Å². The van der Waals surface area contributed by atoms with Gasteiger partial charge in [-0.15, -0.1) is 0 Å². The van der Waals surface area contributed by atoms with Crippen LogP contribution in [-0.2, 0) is 7.05 Å². The van der Waals surface area contributed by atoms with Crippen molar-refractivity contribution in [1.82, 2.24) is 4.57 Å². The number of hydrogen-bond acceptors (Lipinski definition) is 1. The molecule has 1 heterocycles. The van der Waals surface area contributed by atoms with E-state index < -0.39 is 5.97 Å². The minimum absolute atomic E-state index is 0.300. The van der Waals surface area contributed by atoms with Crippen molar-refractivity contribution in [2.75, 3.05) is 0 Å². The molecule has 0 fully saturated rings. The lowest BCUT2D eigenvalue weighted by Gasteiger charge is -2.05. The summed E-state index contributed by atoms with van der Waals surface area (Å²) in [5, 5.41) is 8.95. The third-order valence-electron chi connectivity index (χ3n) is 2.48. The fourth-order valence-electron chi connectivity index (χ4n) is 1.64. The van der Waals surface area contributed by atoms with E-state index in [9.17, 15) is 4.79 Å². The third-order valence-corrected chi connectivity index (χ3v) is 3.20. The molecule has 1 aromatic carbocycles. The first-order valence-corrected chi connectivity index (χ1v) is 5.82. The van der Waals surface area contributed by atoms with Crippen molar-refractivity contribution in [2.45, 2.75) is 0 Å². The molecule has 0 radical (unpaired) electrons. The summed E-state index contributed by atoms with van der Waals surface area (Å²) in [6.07, 6.45) is 0. The number of aromatic nitrogens is 1. The van der Waals surface area contributed by atoms with Crippen molar-refractivity contribution >= 4 is 28.6 Å². The largest absolute Gasteiger partial charge is 0.477 e. The molecular weight excluding hydrogens is 317 g/mol. The zero-order chi connectivity index (χ0) is 11.7. The molecule has 3 nitrogen and oxygen atoms in total. The Morgan fingerprint density at radius 1 is 1.19 bits per heavy atom. The molecule has 0 aliphatic rings. The minimum atomic E-state index is -0.903. The lowest BCUT2D eigenvalue weighted by molar-refractivity contribution is 0.0687. The second-order valence-electron chi connectivity index (χ2n) is 3.47. The third kappa shape index (κ3) is 1.97. The smallest absolute Gasteiger partial charge is 0.352 e. The first-order valence-electron chi connectivity index (χ1n) is 4.74. The number of carboxylic acid groups (broad SMARTS) is 1. The van der Waals surface area contributed by atoms with E-state index in [0.717, 1.165) is 14.8 Å². The lowest BCUT2D eigenvalue weighted by Crippen LogP contribution is -2.04. The number of halogens is 1. The summed E-state index contributed by atoms with van der Waals surface area (Å²) in [6, 6.07) is 11.4. The number of hydrogen-bond donors (Lipinski definition) is 1. The van der Waals surface area contributed by atoms with E-state index in [1.807, 2.05) is 30.3 Å². The topological polar surface area (TPSA) is 42.2 Å². The second-order valence-corrected chi connectivity index (χ2v) is 4.72. The maximum atomic E-state index is 10.9. The molecule has 0 saturated carbocycles. The number of carboxylic acids is 1. The van der Waals surface area contributed by atoms with Crippen LogP contribution in [0.5, 0.6) is 0 Å². The van der Waals surface area contributed by atoms with Gasteiger partial charge in [-0.05, 0) is 52.4 Å². The summed E-state index contributed by atoms with van der Waals surface area (Å²) >= 11 is 2.24. The fraction of sp³-hybridized carbons (Fsp3) is 0.0833. The van der Waals surface area contributed by atoms with Crippen molar-refractivity contribution in [3.8, 4) is 11.3 Å². The molecule has 82 valence electrons. The Balaban J connectivity index is 2.49. The summed E-state index contributed by atoms with van der Waals surface area (Å²) in [5.74, 6) is -0.903. The van der Waals surface area contributed by atoms with Crippen molar-refractivity contribution in [3.05, 3.63) is 45.7 Å². The first-order chi connectivity index (χ1) is 7.59. The van der Waals surface area contributed by atoms with Gasteiger partial charge >= 0.3 is 5.97 Å². The standard InChI is InChI=1S/C12H10INO2/c1-14-10(6-7-11(14)12(15)16)8-2-4-9(13)5-3-8/h2-7H,1H3,(H,15,16). The molecule has 0 aliphatic carbocycles. The Hall–Kier alpha value is -1.30. The van der Waals surface area contributed by atoms with Crippen LogP contribution in [0.3, 0.4) is 0 Å². The van der Waals surface area contributed by atoms with Gasteiger partial charge in [-0.2, -0.15) is 0 Å². The van der Waals surface area contributed by atoms with Gasteiger partial charge in [0.15, 0.2) is 0 Å². The van der Waals surface area contributed by atoms with Gasteiger partial charge in [0, 0.05) is 16.3 Å². The second kappa shape index (κ2) is 4.29. The molecular formula is C12H10INO2.